The Morgan fingerprint density at radius 3 is 2.47 bits per heavy atom. The average molecular weight is 319 g/mol. The molecule has 4 nitrogen and oxygen atoms in total. The monoisotopic (exact) mass is 318 g/mol. The van der Waals surface area contributed by atoms with E-state index in [-0.39, 0.29) is 35.1 Å². The van der Waals surface area contributed by atoms with Crippen molar-refractivity contribution in [1.29, 1.82) is 0 Å². The van der Waals surface area contributed by atoms with E-state index in [0.29, 0.717) is 0 Å². The summed E-state index contributed by atoms with van der Waals surface area (Å²) in [5.74, 6) is 0. The van der Waals surface area contributed by atoms with Gasteiger partial charge in [0.1, 0.15) is 5.02 Å². The fraction of sp³-hybridized carbons (Fsp3) is 0.400. The predicted molar refractivity (Wildman–Crippen MR) is 67.6 cm³/mol. The molecule has 0 saturated heterocycles. The molecule has 0 unspecified atom stereocenters. The summed E-state index contributed by atoms with van der Waals surface area (Å²) in [4.78, 5) is 9.91. The van der Waals surface area contributed by atoms with Crippen molar-refractivity contribution >= 4 is 29.7 Å². The van der Waals surface area contributed by atoms with Gasteiger partial charge in [-0.3, -0.25) is 10.1 Å². The summed E-state index contributed by atoms with van der Waals surface area (Å²) >= 11 is 5.58. The van der Waals surface area contributed by atoms with Gasteiger partial charge in [0.25, 0.3) is 5.69 Å². The molecule has 1 rings (SSSR count). The van der Waals surface area contributed by atoms with Crippen LogP contribution in [0.2, 0.25) is 5.02 Å². The predicted octanol–water partition coefficient (Wildman–Crippen LogP) is 4.01. The molecular formula is C10H11Cl2F3N2O2. The largest absolute Gasteiger partial charge is 0.389 e. The van der Waals surface area contributed by atoms with Crippen molar-refractivity contribution < 1.29 is 18.1 Å². The lowest BCUT2D eigenvalue weighted by molar-refractivity contribution is -0.384. The first-order chi connectivity index (χ1) is 8.20. The van der Waals surface area contributed by atoms with Gasteiger partial charge in [-0.05, 0) is 18.1 Å². The van der Waals surface area contributed by atoms with E-state index >= 15 is 0 Å². The fourth-order valence-electron chi connectivity index (χ4n) is 1.39. The van der Waals surface area contributed by atoms with Gasteiger partial charge in [-0.2, -0.15) is 13.2 Å². The Bertz CT molecular complexity index is 455. The van der Waals surface area contributed by atoms with Crippen LogP contribution in [0.25, 0.3) is 0 Å². The number of nitrogens with zero attached hydrogens (tertiary/aromatic N) is 1. The number of rotatable bonds is 4. The van der Waals surface area contributed by atoms with Gasteiger partial charge in [0.15, 0.2) is 0 Å². The van der Waals surface area contributed by atoms with E-state index in [1.54, 1.807) is 0 Å². The molecule has 2 N–H and O–H groups in total. The molecule has 0 heterocycles. The van der Waals surface area contributed by atoms with Crippen LogP contribution < -0.4 is 5.73 Å². The molecule has 0 saturated carbocycles. The van der Waals surface area contributed by atoms with Crippen molar-refractivity contribution in [1.82, 2.24) is 0 Å². The molecule has 0 amide bonds. The third-order valence-electron chi connectivity index (χ3n) is 2.33. The van der Waals surface area contributed by atoms with Gasteiger partial charge in [-0.25, -0.2) is 0 Å². The van der Waals surface area contributed by atoms with Crippen LogP contribution in [0.4, 0.5) is 18.9 Å². The van der Waals surface area contributed by atoms with Crippen LogP contribution in [0.15, 0.2) is 18.2 Å². The quantitative estimate of drug-likeness (QED) is 0.673. The van der Waals surface area contributed by atoms with E-state index in [4.69, 9.17) is 17.3 Å². The van der Waals surface area contributed by atoms with Crippen molar-refractivity contribution in [3.8, 4) is 0 Å². The fourth-order valence-corrected chi connectivity index (χ4v) is 1.57. The molecule has 1 aromatic rings. The van der Waals surface area contributed by atoms with Crippen molar-refractivity contribution in [2.24, 2.45) is 5.73 Å². The Hall–Kier alpha value is -1.05. The number of nitrogens with two attached hydrogens (primary N) is 1. The van der Waals surface area contributed by atoms with Crippen LogP contribution in [-0.2, 0) is 0 Å². The molecule has 0 spiro atoms. The zero-order chi connectivity index (χ0) is 13.9. The van der Waals surface area contributed by atoms with Crippen LogP contribution in [-0.4, -0.2) is 11.1 Å². The Morgan fingerprint density at radius 1 is 1.42 bits per heavy atom. The molecule has 108 valence electrons. The second-order valence-electron chi connectivity index (χ2n) is 3.73. The minimum atomic E-state index is -4.30. The van der Waals surface area contributed by atoms with Crippen LogP contribution in [0.5, 0.6) is 0 Å². The lowest BCUT2D eigenvalue weighted by Gasteiger charge is -2.13. The van der Waals surface area contributed by atoms with Crippen LogP contribution >= 0.6 is 24.0 Å². The van der Waals surface area contributed by atoms with Crippen molar-refractivity contribution in [2.75, 3.05) is 0 Å². The van der Waals surface area contributed by atoms with E-state index in [1.165, 1.54) is 12.1 Å². The van der Waals surface area contributed by atoms with E-state index in [0.717, 1.165) is 6.07 Å². The first kappa shape index (κ1) is 17.9. The molecule has 0 radical (unpaired) electrons. The summed E-state index contributed by atoms with van der Waals surface area (Å²) in [6, 6.07) is 2.82. The second kappa shape index (κ2) is 6.93. The minimum Gasteiger partial charge on any atom is -0.324 e. The van der Waals surface area contributed by atoms with Gasteiger partial charge in [-0.15, -0.1) is 12.4 Å². The summed E-state index contributed by atoms with van der Waals surface area (Å²) in [6.07, 6.45) is -5.66. The molecule has 1 aromatic carbocycles. The number of nitro benzene ring substituents is 1. The molecule has 0 aliphatic heterocycles. The Kier molecular flexibility index (Phi) is 6.54. The molecule has 19 heavy (non-hydrogen) atoms. The standard InChI is InChI=1S/C10H10ClF3N2O2.ClH/c11-7-2-1-6(5-9(7)16(17)18)8(15)3-4-10(12,13)14;/h1-2,5,8H,3-4,15H2;1H/t8-;/m1./s1. The van der Waals surface area contributed by atoms with Gasteiger partial charge >= 0.3 is 6.18 Å². The summed E-state index contributed by atoms with van der Waals surface area (Å²) in [7, 11) is 0. The van der Waals surface area contributed by atoms with Crippen molar-refractivity contribution in [2.45, 2.75) is 25.1 Å². The zero-order valence-corrected chi connectivity index (χ0v) is 11.1. The first-order valence-electron chi connectivity index (χ1n) is 4.97. The molecule has 0 aliphatic rings. The number of halogens is 5. The highest BCUT2D eigenvalue weighted by Gasteiger charge is 2.28. The maximum atomic E-state index is 12.0. The van der Waals surface area contributed by atoms with E-state index in [9.17, 15) is 23.3 Å². The number of hydrogen-bond donors (Lipinski definition) is 1. The summed E-state index contributed by atoms with van der Waals surface area (Å²) < 4.78 is 36.1. The van der Waals surface area contributed by atoms with Crippen LogP contribution in [0.1, 0.15) is 24.4 Å². The molecule has 0 aliphatic carbocycles. The number of nitro groups is 1. The average Bonchev–Trinajstić information content (AvgIpc) is 2.25. The summed E-state index contributed by atoms with van der Waals surface area (Å²) in [5.41, 5.74) is 5.45. The lowest BCUT2D eigenvalue weighted by atomic mass is 10.0. The molecule has 1 atom stereocenters. The van der Waals surface area contributed by atoms with Gasteiger partial charge in [0, 0.05) is 18.5 Å². The van der Waals surface area contributed by atoms with Crippen molar-refractivity contribution in [3.63, 3.8) is 0 Å². The smallest absolute Gasteiger partial charge is 0.324 e. The zero-order valence-electron chi connectivity index (χ0n) is 9.48. The van der Waals surface area contributed by atoms with Gasteiger partial charge in [0.2, 0.25) is 0 Å². The Labute approximate surface area is 118 Å². The Balaban J connectivity index is 0.00000324. The summed E-state index contributed by atoms with van der Waals surface area (Å²) in [5, 5.41) is 10.5. The SMILES string of the molecule is Cl.N[C@H](CCC(F)(F)F)c1ccc(Cl)c([N+](=O)[O-])c1. The maximum Gasteiger partial charge on any atom is 0.389 e. The van der Waals surface area contributed by atoms with Crippen molar-refractivity contribution in [3.05, 3.63) is 38.9 Å². The van der Waals surface area contributed by atoms with E-state index in [1.807, 2.05) is 0 Å². The maximum absolute atomic E-state index is 12.0. The lowest BCUT2D eigenvalue weighted by Crippen LogP contribution is -2.15. The van der Waals surface area contributed by atoms with Gasteiger partial charge < -0.3 is 5.73 Å². The third kappa shape index (κ3) is 5.63. The highest BCUT2D eigenvalue weighted by atomic mass is 35.5. The minimum absolute atomic E-state index is 0. The summed E-state index contributed by atoms with van der Waals surface area (Å²) in [6.45, 7) is 0. The molecule has 0 bridgehead atoms. The third-order valence-corrected chi connectivity index (χ3v) is 2.65. The topological polar surface area (TPSA) is 69.2 Å². The normalized spacial score (nSPS) is 12.7. The van der Waals surface area contributed by atoms with Gasteiger partial charge in [-0.1, -0.05) is 17.7 Å². The number of benzene rings is 1. The second-order valence-corrected chi connectivity index (χ2v) is 4.14. The van der Waals surface area contributed by atoms with E-state index < -0.39 is 23.6 Å². The molecule has 0 aromatic heterocycles. The molecule has 9 heteroatoms. The number of hydrogen-bond acceptors (Lipinski definition) is 3. The first-order valence-corrected chi connectivity index (χ1v) is 5.34. The number of alkyl halides is 3. The van der Waals surface area contributed by atoms with Gasteiger partial charge in [0.05, 0.1) is 4.92 Å². The van der Waals surface area contributed by atoms with E-state index in [2.05, 4.69) is 0 Å². The highest BCUT2D eigenvalue weighted by molar-refractivity contribution is 6.32. The highest BCUT2D eigenvalue weighted by Crippen LogP contribution is 2.30. The molecule has 0 fully saturated rings. The van der Waals surface area contributed by atoms with Crippen LogP contribution in [0.3, 0.4) is 0 Å². The molecular weight excluding hydrogens is 308 g/mol. The van der Waals surface area contributed by atoms with Crippen LogP contribution in [0, 0.1) is 10.1 Å². The Morgan fingerprint density at radius 2 is 2.00 bits per heavy atom.